The lowest BCUT2D eigenvalue weighted by Gasteiger charge is -2.35. The zero-order valence-corrected chi connectivity index (χ0v) is 26.6. The van der Waals surface area contributed by atoms with Crippen LogP contribution < -0.4 is 9.62 Å². The Morgan fingerprint density at radius 3 is 2.20 bits per heavy atom. The van der Waals surface area contributed by atoms with E-state index in [1.807, 2.05) is 61.5 Å². The lowest BCUT2D eigenvalue weighted by Crippen LogP contribution is -2.55. The molecule has 1 saturated carbocycles. The molecule has 0 aromatic heterocycles. The monoisotopic (exact) mass is 687 g/mol. The summed E-state index contributed by atoms with van der Waals surface area (Å²) in [5.74, 6) is -0.639. The van der Waals surface area contributed by atoms with Crippen LogP contribution in [0.3, 0.4) is 0 Å². The van der Waals surface area contributed by atoms with Crippen LogP contribution in [0.25, 0.3) is 0 Å². The van der Waals surface area contributed by atoms with E-state index in [2.05, 4.69) is 27.9 Å². The van der Waals surface area contributed by atoms with E-state index in [9.17, 15) is 18.0 Å². The highest BCUT2D eigenvalue weighted by atomic mass is 127. The summed E-state index contributed by atoms with van der Waals surface area (Å²) in [6.07, 6.45) is 6.56. The second-order valence-corrected chi connectivity index (χ2v) is 13.9. The molecule has 0 saturated heterocycles. The van der Waals surface area contributed by atoms with E-state index in [-0.39, 0.29) is 18.5 Å². The van der Waals surface area contributed by atoms with Crippen molar-refractivity contribution in [2.24, 2.45) is 0 Å². The molecule has 1 aliphatic carbocycles. The van der Waals surface area contributed by atoms with Gasteiger partial charge in [0, 0.05) is 22.6 Å². The number of carbonyl (C=O) groups excluding carboxylic acids is 2. The van der Waals surface area contributed by atoms with Gasteiger partial charge in [-0.05, 0) is 83.3 Å². The number of halogens is 1. The summed E-state index contributed by atoms with van der Waals surface area (Å²) in [5, 5.41) is 3.23. The fourth-order valence-corrected chi connectivity index (χ4v) is 6.50. The van der Waals surface area contributed by atoms with Crippen LogP contribution in [0.15, 0.2) is 78.9 Å². The van der Waals surface area contributed by atoms with E-state index in [0.717, 1.165) is 62.9 Å². The molecular weight excluding hydrogens is 649 g/mol. The van der Waals surface area contributed by atoms with Crippen LogP contribution in [0.1, 0.15) is 48.8 Å². The molecule has 0 radical (unpaired) electrons. The first-order chi connectivity index (χ1) is 19.6. The third-order valence-corrected chi connectivity index (χ3v) is 9.48. The van der Waals surface area contributed by atoms with Gasteiger partial charge in [0.15, 0.2) is 0 Å². The van der Waals surface area contributed by atoms with Gasteiger partial charge in [-0.2, -0.15) is 0 Å². The number of anilines is 1. The molecule has 1 aliphatic rings. The third kappa shape index (κ3) is 8.78. The minimum absolute atomic E-state index is 0.0734. The predicted octanol–water partition coefficient (Wildman–Crippen LogP) is 5.45. The first kappa shape index (κ1) is 31.0. The quantitative estimate of drug-likeness (QED) is 0.272. The molecule has 1 N–H and O–H groups in total. The summed E-state index contributed by atoms with van der Waals surface area (Å²) < 4.78 is 27.9. The molecule has 218 valence electrons. The van der Waals surface area contributed by atoms with Crippen molar-refractivity contribution in [2.45, 2.75) is 64.1 Å². The number of hydrogen-bond acceptors (Lipinski definition) is 4. The van der Waals surface area contributed by atoms with E-state index < -0.39 is 28.5 Å². The Morgan fingerprint density at radius 1 is 0.927 bits per heavy atom. The van der Waals surface area contributed by atoms with Gasteiger partial charge < -0.3 is 10.2 Å². The minimum atomic E-state index is -3.79. The number of carbonyl (C=O) groups is 2. The maximum atomic E-state index is 14.2. The highest BCUT2D eigenvalue weighted by Crippen LogP contribution is 2.23. The Balaban J connectivity index is 1.72. The highest BCUT2D eigenvalue weighted by Gasteiger charge is 2.34. The van der Waals surface area contributed by atoms with Gasteiger partial charge in [-0.15, -0.1) is 0 Å². The van der Waals surface area contributed by atoms with Crippen molar-refractivity contribution in [3.63, 3.8) is 0 Å². The van der Waals surface area contributed by atoms with Crippen molar-refractivity contribution in [2.75, 3.05) is 17.1 Å². The first-order valence-corrected chi connectivity index (χ1v) is 17.0. The molecule has 1 fully saturated rings. The molecule has 9 heteroatoms. The van der Waals surface area contributed by atoms with Crippen LogP contribution in [0, 0.1) is 10.5 Å². The smallest absolute Gasteiger partial charge is 0.244 e. The first-order valence-electron chi connectivity index (χ1n) is 14.0. The maximum Gasteiger partial charge on any atom is 0.244 e. The van der Waals surface area contributed by atoms with Gasteiger partial charge in [0.05, 0.1) is 11.9 Å². The summed E-state index contributed by atoms with van der Waals surface area (Å²) >= 11 is 2.15. The number of aryl methyl sites for hydroxylation is 1. The molecule has 4 rings (SSSR count). The van der Waals surface area contributed by atoms with Crippen LogP contribution in [0.5, 0.6) is 0 Å². The molecular formula is C32H38IN3O4S. The van der Waals surface area contributed by atoms with E-state index in [0.29, 0.717) is 12.1 Å². The van der Waals surface area contributed by atoms with Gasteiger partial charge >= 0.3 is 0 Å². The van der Waals surface area contributed by atoms with Crippen LogP contribution in [0.2, 0.25) is 0 Å². The van der Waals surface area contributed by atoms with Crippen LogP contribution in [-0.4, -0.2) is 50.0 Å². The van der Waals surface area contributed by atoms with E-state index in [4.69, 9.17) is 0 Å². The van der Waals surface area contributed by atoms with Crippen LogP contribution in [0.4, 0.5) is 5.69 Å². The van der Waals surface area contributed by atoms with Gasteiger partial charge in [-0.3, -0.25) is 13.9 Å². The summed E-state index contributed by atoms with van der Waals surface area (Å²) in [6, 6.07) is 23.7. The lowest BCUT2D eigenvalue weighted by atomic mass is 9.94. The van der Waals surface area contributed by atoms with Gasteiger partial charge in [0.1, 0.15) is 12.6 Å². The zero-order chi connectivity index (χ0) is 29.4. The molecule has 0 bridgehead atoms. The molecule has 7 nitrogen and oxygen atoms in total. The molecule has 0 heterocycles. The fraction of sp³-hybridized carbons (Fsp3) is 0.375. The predicted molar refractivity (Wildman–Crippen MR) is 172 cm³/mol. The standard InChI is InChI=1S/C32H38IN3O4S/c1-24-11-9-10-14-26(24)22-35(31(37)23-36(41(2,39)40)29-19-17-27(33)18-20-29)30(21-25-12-5-3-6-13-25)32(38)34-28-15-7-4-8-16-28/h3,5-6,9-14,17-20,28,30H,4,7-8,15-16,21-23H2,1-2H3,(H,34,38)/t30-/m0/s1. The van der Waals surface area contributed by atoms with Crippen molar-refractivity contribution in [3.8, 4) is 0 Å². The Hall–Kier alpha value is -2.92. The Kier molecular flexibility index (Phi) is 10.8. The molecule has 1 atom stereocenters. The average molecular weight is 688 g/mol. The van der Waals surface area contributed by atoms with E-state index >= 15 is 0 Å². The van der Waals surface area contributed by atoms with Gasteiger partial charge in [0.25, 0.3) is 0 Å². The van der Waals surface area contributed by atoms with Gasteiger partial charge in [0.2, 0.25) is 21.8 Å². The number of sulfonamides is 1. The number of hydrogen-bond donors (Lipinski definition) is 1. The summed E-state index contributed by atoms with van der Waals surface area (Å²) in [7, 11) is -3.79. The minimum Gasteiger partial charge on any atom is -0.352 e. The van der Waals surface area contributed by atoms with E-state index in [1.165, 1.54) is 0 Å². The summed E-state index contributed by atoms with van der Waals surface area (Å²) in [4.78, 5) is 29.8. The molecule has 2 amide bonds. The molecule has 0 aliphatic heterocycles. The Morgan fingerprint density at radius 2 is 1.56 bits per heavy atom. The van der Waals surface area contributed by atoms with Crippen molar-refractivity contribution in [1.29, 1.82) is 0 Å². The SMILES string of the molecule is Cc1ccccc1CN(C(=O)CN(c1ccc(I)cc1)S(C)(=O)=O)[C@@H](Cc1ccccc1)C(=O)NC1CCCCC1. The van der Waals surface area contributed by atoms with Crippen molar-refractivity contribution < 1.29 is 18.0 Å². The Labute approximate surface area is 257 Å². The van der Waals surface area contributed by atoms with Crippen molar-refractivity contribution in [3.05, 3.63) is 99.1 Å². The average Bonchev–Trinajstić information content (AvgIpc) is 2.95. The number of amides is 2. The maximum absolute atomic E-state index is 14.2. The van der Waals surface area contributed by atoms with Gasteiger partial charge in [-0.25, -0.2) is 8.42 Å². The number of benzene rings is 3. The normalized spacial score (nSPS) is 14.7. The molecule has 41 heavy (non-hydrogen) atoms. The van der Waals surface area contributed by atoms with Crippen molar-refractivity contribution in [1.82, 2.24) is 10.2 Å². The molecule has 0 spiro atoms. The topological polar surface area (TPSA) is 86.8 Å². The van der Waals surface area contributed by atoms with Crippen LogP contribution >= 0.6 is 22.6 Å². The summed E-state index contributed by atoms with van der Waals surface area (Å²) in [6.45, 7) is 1.75. The van der Waals surface area contributed by atoms with Gasteiger partial charge in [-0.1, -0.05) is 73.9 Å². The zero-order valence-electron chi connectivity index (χ0n) is 23.6. The number of nitrogens with zero attached hydrogens (tertiary/aromatic N) is 2. The van der Waals surface area contributed by atoms with Crippen LogP contribution in [-0.2, 0) is 32.6 Å². The number of rotatable bonds is 11. The molecule has 3 aromatic carbocycles. The third-order valence-electron chi connectivity index (χ3n) is 7.62. The largest absolute Gasteiger partial charge is 0.352 e. The van der Waals surface area contributed by atoms with E-state index in [1.54, 1.807) is 29.2 Å². The second-order valence-electron chi connectivity index (χ2n) is 10.7. The molecule has 0 unspecified atom stereocenters. The number of nitrogens with one attached hydrogen (secondary N) is 1. The lowest BCUT2D eigenvalue weighted by molar-refractivity contribution is -0.140. The summed E-state index contributed by atoms with van der Waals surface area (Å²) in [5.41, 5.74) is 3.23. The fourth-order valence-electron chi connectivity index (χ4n) is 5.29. The van der Waals surface area contributed by atoms with Crippen molar-refractivity contribution >= 4 is 50.1 Å². The Bertz CT molecular complexity index is 1420. The highest BCUT2D eigenvalue weighted by molar-refractivity contribution is 14.1. The molecule has 3 aromatic rings. The second kappa shape index (κ2) is 14.3.